The summed E-state index contributed by atoms with van der Waals surface area (Å²) in [5, 5.41) is 9.37. The number of rotatable bonds is 3. The molecule has 0 bridgehead atoms. The second kappa shape index (κ2) is 5.17. The van der Waals surface area contributed by atoms with Crippen LogP contribution in [0, 0.1) is 11.3 Å². The molecule has 0 aliphatic carbocycles. The zero-order valence-electron chi connectivity index (χ0n) is 8.50. The van der Waals surface area contributed by atoms with Gasteiger partial charge in [-0.2, -0.15) is 5.26 Å². The third-order valence-corrected chi connectivity index (χ3v) is 4.23. The molecule has 6 heteroatoms. The van der Waals surface area contributed by atoms with Crippen LogP contribution in [0.5, 0.6) is 0 Å². The van der Waals surface area contributed by atoms with Crippen LogP contribution in [0.25, 0.3) is 0 Å². The van der Waals surface area contributed by atoms with Gasteiger partial charge in [-0.1, -0.05) is 35.0 Å². The number of hydrogen-bond acceptors (Lipinski definition) is 3. The van der Waals surface area contributed by atoms with Gasteiger partial charge in [-0.15, -0.1) is 0 Å². The van der Waals surface area contributed by atoms with Crippen LogP contribution in [0.15, 0.2) is 17.0 Å². The number of nitrogens with zero attached hydrogens (tertiary/aromatic N) is 1. The number of alkyl halides is 1. The fraction of sp³-hybridized carbons (Fsp3) is 0.300. The van der Waals surface area contributed by atoms with Gasteiger partial charge < -0.3 is 0 Å². The molecule has 1 rings (SSSR count). The molecule has 3 nitrogen and oxygen atoms in total. The van der Waals surface area contributed by atoms with Crippen molar-refractivity contribution >= 4 is 35.7 Å². The molecular formula is C10H9BrClNO2S. The van der Waals surface area contributed by atoms with E-state index in [2.05, 4.69) is 15.9 Å². The second-order valence-corrected chi connectivity index (χ2v) is 6.19. The maximum atomic E-state index is 11.5. The first-order valence-corrected chi connectivity index (χ1v) is 7.94. The highest BCUT2D eigenvalue weighted by atomic mass is 79.9. The maximum absolute atomic E-state index is 11.5. The minimum atomic E-state index is -3.90. The fourth-order valence-electron chi connectivity index (χ4n) is 1.47. The van der Waals surface area contributed by atoms with Crippen LogP contribution in [0.4, 0.5) is 0 Å². The van der Waals surface area contributed by atoms with Gasteiger partial charge in [-0.05, 0) is 17.5 Å². The molecule has 0 heterocycles. The monoisotopic (exact) mass is 321 g/mol. The molecule has 0 aliphatic heterocycles. The van der Waals surface area contributed by atoms with E-state index in [0.717, 1.165) is 0 Å². The zero-order valence-corrected chi connectivity index (χ0v) is 11.7. The topological polar surface area (TPSA) is 57.9 Å². The first-order valence-electron chi connectivity index (χ1n) is 4.51. The maximum Gasteiger partial charge on any atom is 0.262 e. The summed E-state index contributed by atoms with van der Waals surface area (Å²) in [6.07, 6.45) is 0.588. The van der Waals surface area contributed by atoms with Crippen LogP contribution < -0.4 is 0 Å². The van der Waals surface area contributed by atoms with Gasteiger partial charge in [0.25, 0.3) is 9.05 Å². The Hall–Kier alpha value is -0.570. The van der Waals surface area contributed by atoms with Crippen LogP contribution >= 0.6 is 26.6 Å². The molecule has 0 spiro atoms. The van der Waals surface area contributed by atoms with E-state index in [1.165, 1.54) is 0 Å². The molecule has 0 atom stereocenters. The van der Waals surface area contributed by atoms with Crippen LogP contribution in [0.2, 0.25) is 0 Å². The molecule has 0 saturated carbocycles. The quantitative estimate of drug-likeness (QED) is 0.635. The van der Waals surface area contributed by atoms with Gasteiger partial charge in [0.2, 0.25) is 0 Å². The highest BCUT2D eigenvalue weighted by molar-refractivity contribution is 9.08. The first kappa shape index (κ1) is 13.5. The van der Waals surface area contributed by atoms with Crippen molar-refractivity contribution < 1.29 is 8.42 Å². The molecule has 16 heavy (non-hydrogen) atoms. The van der Waals surface area contributed by atoms with Crippen LogP contribution in [0.1, 0.15) is 23.6 Å². The predicted octanol–water partition coefficient (Wildman–Crippen LogP) is 2.94. The molecule has 0 unspecified atom stereocenters. The third-order valence-electron chi connectivity index (χ3n) is 2.21. The Bertz CT molecular complexity index is 549. The zero-order chi connectivity index (χ0) is 12.3. The molecule has 0 fully saturated rings. The molecule has 0 saturated heterocycles. The van der Waals surface area contributed by atoms with Crippen LogP contribution in [-0.2, 0) is 20.8 Å². The lowest BCUT2D eigenvalue weighted by molar-refractivity contribution is 0.608. The van der Waals surface area contributed by atoms with E-state index < -0.39 is 9.05 Å². The van der Waals surface area contributed by atoms with Crippen LogP contribution in [0.3, 0.4) is 0 Å². The minimum Gasteiger partial charge on any atom is -0.207 e. The van der Waals surface area contributed by atoms with E-state index in [1.807, 2.05) is 13.0 Å². The molecule has 0 N–H and O–H groups in total. The summed E-state index contributed by atoms with van der Waals surface area (Å²) in [6, 6.07) is 5.33. The van der Waals surface area contributed by atoms with E-state index in [0.29, 0.717) is 22.9 Å². The average molecular weight is 323 g/mol. The van der Waals surface area contributed by atoms with Crippen molar-refractivity contribution in [3.63, 3.8) is 0 Å². The van der Waals surface area contributed by atoms with Crippen molar-refractivity contribution in [3.8, 4) is 6.07 Å². The number of aryl methyl sites for hydroxylation is 1. The van der Waals surface area contributed by atoms with Crippen molar-refractivity contribution in [1.82, 2.24) is 0 Å². The number of halogens is 2. The fourth-order valence-corrected chi connectivity index (χ4v) is 3.52. The lowest BCUT2D eigenvalue weighted by atomic mass is 10.0. The Labute approximate surface area is 108 Å². The Kier molecular flexibility index (Phi) is 4.36. The SMILES string of the molecule is CCc1ccc(CBr)c(S(=O)(=O)Cl)c1C#N. The molecule has 0 aromatic heterocycles. The van der Waals surface area contributed by atoms with Crippen molar-refractivity contribution in [2.45, 2.75) is 23.6 Å². The van der Waals surface area contributed by atoms with Crippen molar-refractivity contribution in [2.75, 3.05) is 0 Å². The minimum absolute atomic E-state index is 0.0760. The highest BCUT2D eigenvalue weighted by Gasteiger charge is 2.22. The Morgan fingerprint density at radius 2 is 2.00 bits per heavy atom. The summed E-state index contributed by atoms with van der Waals surface area (Å²) in [7, 11) is 1.45. The first-order chi connectivity index (χ1) is 7.45. The molecule has 1 aromatic rings. The summed E-state index contributed by atoms with van der Waals surface area (Å²) in [4.78, 5) is -0.0760. The van der Waals surface area contributed by atoms with E-state index >= 15 is 0 Å². The molecule has 1 aromatic carbocycles. The van der Waals surface area contributed by atoms with Crippen LogP contribution in [-0.4, -0.2) is 8.42 Å². The number of benzene rings is 1. The lowest BCUT2D eigenvalue weighted by Gasteiger charge is -2.09. The Balaban J connectivity index is 3.72. The number of hydrogen-bond donors (Lipinski definition) is 0. The average Bonchev–Trinajstić information content (AvgIpc) is 2.25. The highest BCUT2D eigenvalue weighted by Crippen LogP contribution is 2.28. The van der Waals surface area contributed by atoms with E-state index in [1.54, 1.807) is 12.1 Å². The van der Waals surface area contributed by atoms with Gasteiger partial charge in [-0.3, -0.25) is 0 Å². The summed E-state index contributed by atoms with van der Waals surface area (Å²) >= 11 is 3.18. The Morgan fingerprint density at radius 1 is 1.44 bits per heavy atom. The van der Waals surface area contributed by atoms with Gasteiger partial charge >= 0.3 is 0 Å². The predicted molar refractivity (Wildman–Crippen MR) is 66.2 cm³/mol. The number of nitriles is 1. The molecule has 0 amide bonds. The molecule has 0 aliphatic rings. The van der Waals surface area contributed by atoms with Crippen molar-refractivity contribution in [2.24, 2.45) is 0 Å². The van der Waals surface area contributed by atoms with Gasteiger partial charge in [0.1, 0.15) is 11.0 Å². The van der Waals surface area contributed by atoms with Gasteiger partial charge in [0.05, 0.1) is 5.56 Å². The Morgan fingerprint density at radius 3 is 2.38 bits per heavy atom. The molecule has 0 radical (unpaired) electrons. The largest absolute Gasteiger partial charge is 0.262 e. The van der Waals surface area contributed by atoms with Crippen molar-refractivity contribution in [3.05, 3.63) is 28.8 Å². The van der Waals surface area contributed by atoms with E-state index in [4.69, 9.17) is 15.9 Å². The summed E-state index contributed by atoms with van der Waals surface area (Å²) < 4.78 is 22.9. The summed E-state index contributed by atoms with van der Waals surface area (Å²) in [5.41, 5.74) is 1.34. The normalized spacial score (nSPS) is 11.1. The van der Waals surface area contributed by atoms with Crippen molar-refractivity contribution in [1.29, 1.82) is 5.26 Å². The van der Waals surface area contributed by atoms with Gasteiger partial charge in [0.15, 0.2) is 0 Å². The van der Waals surface area contributed by atoms with E-state index in [9.17, 15) is 8.42 Å². The standard InChI is InChI=1S/C10H9BrClNO2S/c1-2-7-3-4-8(5-11)10(9(7)6-13)16(12,14)15/h3-4H,2,5H2,1H3. The lowest BCUT2D eigenvalue weighted by Crippen LogP contribution is -2.03. The molecular weight excluding hydrogens is 314 g/mol. The van der Waals surface area contributed by atoms with Gasteiger partial charge in [0, 0.05) is 16.0 Å². The smallest absolute Gasteiger partial charge is 0.207 e. The second-order valence-electron chi connectivity index (χ2n) is 3.12. The van der Waals surface area contributed by atoms with Gasteiger partial charge in [-0.25, -0.2) is 8.42 Å². The summed E-state index contributed by atoms with van der Waals surface area (Å²) in [5.74, 6) is 0. The van der Waals surface area contributed by atoms with E-state index in [-0.39, 0.29) is 10.5 Å². The molecule has 86 valence electrons. The summed E-state index contributed by atoms with van der Waals surface area (Å²) in [6.45, 7) is 1.86. The third kappa shape index (κ3) is 2.57.